The molecule has 35 heavy (non-hydrogen) atoms. The summed E-state index contributed by atoms with van der Waals surface area (Å²) in [5.41, 5.74) is 1.03. The number of hydrogen-bond acceptors (Lipinski definition) is 2. The molecule has 0 spiro atoms. The number of aliphatic hydroxyl groups is 1. The monoisotopic (exact) mass is 479 g/mol. The Morgan fingerprint density at radius 1 is 1.03 bits per heavy atom. The van der Waals surface area contributed by atoms with Gasteiger partial charge in [-0.25, -0.2) is 0 Å². The van der Waals surface area contributed by atoms with Crippen molar-refractivity contribution in [3.63, 3.8) is 0 Å². The van der Waals surface area contributed by atoms with E-state index in [0.717, 1.165) is 67.4 Å². The van der Waals surface area contributed by atoms with Gasteiger partial charge in [0, 0.05) is 13.0 Å². The number of hydrogen-bond donors (Lipinski definition) is 1. The van der Waals surface area contributed by atoms with E-state index in [2.05, 4.69) is 37.5 Å². The van der Waals surface area contributed by atoms with Crippen LogP contribution in [-0.4, -0.2) is 34.1 Å². The van der Waals surface area contributed by atoms with Crippen molar-refractivity contribution >= 4 is 5.91 Å². The third-order valence-corrected chi connectivity index (χ3v) is 11.5. The zero-order valence-electron chi connectivity index (χ0n) is 22.6. The van der Waals surface area contributed by atoms with Crippen LogP contribution in [0.25, 0.3) is 0 Å². The van der Waals surface area contributed by atoms with Crippen LogP contribution in [0.2, 0.25) is 0 Å². The van der Waals surface area contributed by atoms with Crippen LogP contribution < -0.4 is 0 Å². The van der Waals surface area contributed by atoms with Gasteiger partial charge in [-0.1, -0.05) is 37.8 Å². The summed E-state index contributed by atoms with van der Waals surface area (Å²) < 4.78 is 0. The van der Waals surface area contributed by atoms with Crippen LogP contribution >= 0.6 is 0 Å². The maximum absolute atomic E-state index is 13.2. The lowest BCUT2D eigenvalue weighted by Crippen LogP contribution is -2.52. The second-order valence-corrected chi connectivity index (χ2v) is 13.4. The lowest BCUT2D eigenvalue weighted by Gasteiger charge is -2.57. The van der Waals surface area contributed by atoms with E-state index in [1.165, 1.54) is 44.9 Å². The molecule has 0 aromatic heterocycles. The molecule has 1 N–H and O–H groups in total. The minimum absolute atomic E-state index is 0.169. The summed E-state index contributed by atoms with van der Waals surface area (Å²) in [6.07, 6.45) is 22.3. The third kappa shape index (κ3) is 4.72. The predicted octanol–water partition coefficient (Wildman–Crippen LogP) is 7.08. The highest BCUT2D eigenvalue weighted by molar-refractivity contribution is 5.78. The molecule has 4 aliphatic carbocycles. The van der Waals surface area contributed by atoms with Gasteiger partial charge in [-0.15, -0.1) is 0 Å². The van der Waals surface area contributed by atoms with Gasteiger partial charge in [-0.05, 0) is 131 Å². The van der Waals surface area contributed by atoms with Crippen LogP contribution in [0.4, 0.5) is 0 Å². The van der Waals surface area contributed by atoms with Crippen LogP contribution in [-0.2, 0) is 4.79 Å². The van der Waals surface area contributed by atoms with Crippen LogP contribution in [0.15, 0.2) is 36.5 Å². The summed E-state index contributed by atoms with van der Waals surface area (Å²) >= 11 is 0. The maximum atomic E-state index is 13.2. The quantitative estimate of drug-likeness (QED) is 0.428. The summed E-state index contributed by atoms with van der Waals surface area (Å²) in [5.74, 6) is 5.13. The summed E-state index contributed by atoms with van der Waals surface area (Å²) in [4.78, 5) is 15.4. The van der Waals surface area contributed by atoms with Crippen molar-refractivity contribution in [2.45, 2.75) is 109 Å². The fraction of sp³-hybridized carbons (Fsp3) is 0.781. The van der Waals surface area contributed by atoms with Crippen LogP contribution in [0.1, 0.15) is 97.8 Å². The van der Waals surface area contributed by atoms with E-state index >= 15 is 0 Å². The van der Waals surface area contributed by atoms with Crippen molar-refractivity contribution in [3.05, 3.63) is 36.5 Å². The smallest absolute Gasteiger partial charge is 0.223 e. The van der Waals surface area contributed by atoms with E-state index in [9.17, 15) is 9.90 Å². The number of likely N-dealkylation sites (tertiary alicyclic amines) is 1. The molecule has 1 saturated heterocycles. The Morgan fingerprint density at radius 2 is 1.83 bits per heavy atom. The summed E-state index contributed by atoms with van der Waals surface area (Å²) in [6.45, 7) is 12.0. The number of allylic oxidation sites excluding steroid dienone is 3. The average molecular weight is 480 g/mol. The van der Waals surface area contributed by atoms with Crippen molar-refractivity contribution in [2.24, 2.45) is 40.9 Å². The molecule has 5 fully saturated rings. The number of carbonyl (C=O) groups excluding carboxylic acids is 1. The zero-order chi connectivity index (χ0) is 24.8. The van der Waals surface area contributed by atoms with Gasteiger partial charge in [0.25, 0.3) is 0 Å². The molecule has 5 aliphatic rings. The van der Waals surface area contributed by atoms with E-state index in [1.807, 2.05) is 19.1 Å². The van der Waals surface area contributed by atoms with Crippen molar-refractivity contribution in [3.8, 4) is 0 Å². The van der Waals surface area contributed by atoms with Gasteiger partial charge in [-0.3, -0.25) is 4.79 Å². The highest BCUT2D eigenvalue weighted by atomic mass is 16.3. The van der Waals surface area contributed by atoms with Crippen molar-refractivity contribution in [1.82, 2.24) is 4.90 Å². The maximum Gasteiger partial charge on any atom is 0.223 e. The molecule has 1 aliphatic heterocycles. The zero-order valence-corrected chi connectivity index (χ0v) is 22.6. The molecule has 9 atom stereocenters. The molecule has 0 radical (unpaired) electrons. The molecular weight excluding hydrogens is 430 g/mol. The topological polar surface area (TPSA) is 40.5 Å². The Labute approximate surface area is 214 Å². The molecule has 3 heteroatoms. The van der Waals surface area contributed by atoms with Crippen LogP contribution in [0.3, 0.4) is 0 Å². The standard InChI is InChI=1S/C32H49NO2/c1-5-6-7-9-22(2)29-10-8-11-30(34)33(29)21-24-13-15-28-27-14-12-23-20-31(3,35)18-16-25(23)26(27)17-19-32(24,28)4/h5-7,9,23-29,35H,2,8,10-21H2,1,3-4H3/b6-5-,9-7-/t23-,24-,25+,26-,27-,28+,29-,31-,32-/m1/s1. The molecule has 4 saturated carbocycles. The Balaban J connectivity index is 1.29. The number of carbonyl (C=O) groups is 1. The van der Waals surface area contributed by atoms with Crippen LogP contribution in [0.5, 0.6) is 0 Å². The molecule has 0 unspecified atom stereocenters. The second kappa shape index (κ2) is 9.84. The lowest BCUT2D eigenvalue weighted by molar-refractivity contribution is -0.138. The van der Waals surface area contributed by atoms with Crippen molar-refractivity contribution in [2.75, 3.05) is 6.54 Å². The SMILES string of the molecule is C=C(/C=C\C=C/C)[C@H]1CCCC(=O)N1C[C@H]1CC[C@H]2[C@@H]3CC[C@@H]4C[C@](C)(O)CC[C@@H]4[C@H]3CC[C@]12C. The Hall–Kier alpha value is -1.35. The summed E-state index contributed by atoms with van der Waals surface area (Å²) in [6, 6.07) is 0.169. The number of fused-ring (bicyclic) bond motifs is 5. The van der Waals surface area contributed by atoms with E-state index in [1.54, 1.807) is 0 Å². The fourth-order valence-corrected chi connectivity index (χ4v) is 9.66. The normalized spacial score (nSPS) is 46.0. The Bertz CT molecular complexity index is 871. The van der Waals surface area contributed by atoms with Crippen molar-refractivity contribution < 1.29 is 9.90 Å². The minimum Gasteiger partial charge on any atom is -0.390 e. The molecule has 194 valence electrons. The van der Waals surface area contributed by atoms with Crippen LogP contribution in [0, 0.1) is 40.9 Å². The van der Waals surface area contributed by atoms with E-state index in [4.69, 9.17) is 0 Å². The van der Waals surface area contributed by atoms with E-state index in [-0.39, 0.29) is 6.04 Å². The van der Waals surface area contributed by atoms with Gasteiger partial charge in [0.15, 0.2) is 0 Å². The number of rotatable bonds is 5. The van der Waals surface area contributed by atoms with E-state index in [0.29, 0.717) is 23.7 Å². The predicted molar refractivity (Wildman–Crippen MR) is 144 cm³/mol. The molecule has 0 bridgehead atoms. The van der Waals surface area contributed by atoms with Gasteiger partial charge in [0.05, 0.1) is 11.6 Å². The summed E-state index contributed by atoms with van der Waals surface area (Å²) in [5, 5.41) is 10.7. The number of piperidine rings is 1. The molecule has 5 rings (SSSR count). The Kier molecular flexibility index (Phi) is 7.12. The first-order valence-electron chi connectivity index (χ1n) is 14.7. The largest absolute Gasteiger partial charge is 0.390 e. The van der Waals surface area contributed by atoms with Crippen molar-refractivity contribution in [1.29, 1.82) is 0 Å². The highest BCUT2D eigenvalue weighted by Crippen LogP contribution is 2.64. The van der Waals surface area contributed by atoms with Gasteiger partial charge >= 0.3 is 0 Å². The van der Waals surface area contributed by atoms with Gasteiger partial charge in [0.1, 0.15) is 0 Å². The fourth-order valence-electron chi connectivity index (χ4n) is 9.66. The minimum atomic E-state index is -0.431. The van der Waals surface area contributed by atoms with Gasteiger partial charge < -0.3 is 10.0 Å². The molecule has 0 aromatic rings. The lowest BCUT2D eigenvalue weighted by atomic mass is 9.49. The Morgan fingerprint density at radius 3 is 2.63 bits per heavy atom. The average Bonchev–Trinajstić information content (AvgIpc) is 3.15. The molecule has 1 amide bonds. The number of nitrogens with zero attached hydrogens (tertiary/aromatic N) is 1. The molecule has 0 aromatic carbocycles. The first kappa shape index (κ1) is 25.3. The van der Waals surface area contributed by atoms with Gasteiger partial charge in [-0.2, -0.15) is 0 Å². The second-order valence-electron chi connectivity index (χ2n) is 13.4. The third-order valence-electron chi connectivity index (χ3n) is 11.5. The molecule has 1 heterocycles. The first-order chi connectivity index (χ1) is 16.7. The number of amides is 1. The van der Waals surface area contributed by atoms with Gasteiger partial charge in [0.2, 0.25) is 5.91 Å². The molecule has 3 nitrogen and oxygen atoms in total. The first-order valence-corrected chi connectivity index (χ1v) is 14.7. The van der Waals surface area contributed by atoms with E-state index < -0.39 is 5.60 Å². The molecular formula is C32H49NO2. The highest BCUT2D eigenvalue weighted by Gasteiger charge is 2.57. The summed E-state index contributed by atoms with van der Waals surface area (Å²) in [7, 11) is 0.